The van der Waals surface area contributed by atoms with Gasteiger partial charge >= 0.3 is 5.92 Å². The van der Waals surface area contributed by atoms with Gasteiger partial charge in [-0.15, -0.1) is 0 Å². The zero-order chi connectivity index (χ0) is 19.6. The Labute approximate surface area is 159 Å². The summed E-state index contributed by atoms with van der Waals surface area (Å²) in [6.07, 6.45) is 2.81. The van der Waals surface area contributed by atoms with Gasteiger partial charge in [-0.2, -0.15) is 13.9 Å². The van der Waals surface area contributed by atoms with E-state index in [0.717, 1.165) is 18.6 Å². The van der Waals surface area contributed by atoms with Crippen molar-refractivity contribution in [3.8, 4) is 11.1 Å². The molecule has 0 unspecified atom stereocenters. The highest BCUT2D eigenvalue weighted by atomic mass is 35.5. The van der Waals surface area contributed by atoms with Crippen molar-refractivity contribution in [3.63, 3.8) is 0 Å². The number of alkyl halides is 2. The van der Waals surface area contributed by atoms with Crippen LogP contribution in [0.2, 0.25) is 5.02 Å². The van der Waals surface area contributed by atoms with Crippen LogP contribution in [0.3, 0.4) is 0 Å². The summed E-state index contributed by atoms with van der Waals surface area (Å²) in [4.78, 5) is 11.7. The van der Waals surface area contributed by atoms with Gasteiger partial charge in [-0.3, -0.25) is 9.48 Å². The standard InChI is InChI=1S/C19H16ClF2N3O2/c1-3-17(26)23-18-15(12-5-4-6-13(20)9-12)11-25(24-18)10-14-7-8-16(27-14)19(2,21)22/h3-9,11H,1,10H2,2H3,(H,23,24,26). The Bertz CT molecular complexity index is 989. The molecule has 0 saturated heterocycles. The highest BCUT2D eigenvalue weighted by Crippen LogP contribution is 2.31. The predicted octanol–water partition coefficient (Wildman–Crippen LogP) is 5.08. The maximum Gasteiger partial charge on any atom is 0.301 e. The van der Waals surface area contributed by atoms with E-state index in [1.165, 1.54) is 16.8 Å². The lowest BCUT2D eigenvalue weighted by atomic mass is 10.1. The van der Waals surface area contributed by atoms with Crippen molar-refractivity contribution in [3.05, 3.63) is 71.8 Å². The quantitative estimate of drug-likeness (QED) is 0.596. The van der Waals surface area contributed by atoms with Gasteiger partial charge < -0.3 is 9.73 Å². The van der Waals surface area contributed by atoms with Crippen LogP contribution in [0, 0.1) is 0 Å². The Morgan fingerprint density at radius 2 is 2.19 bits per heavy atom. The smallest absolute Gasteiger partial charge is 0.301 e. The molecule has 0 aliphatic rings. The molecule has 1 N–H and O–H groups in total. The second-order valence-corrected chi connectivity index (χ2v) is 6.38. The van der Waals surface area contributed by atoms with Crippen molar-refractivity contribution in [1.82, 2.24) is 9.78 Å². The number of hydrogen-bond donors (Lipinski definition) is 1. The Kier molecular flexibility index (Phi) is 5.14. The number of halogens is 3. The van der Waals surface area contributed by atoms with Crippen LogP contribution >= 0.6 is 11.6 Å². The molecule has 0 radical (unpaired) electrons. The maximum absolute atomic E-state index is 13.3. The van der Waals surface area contributed by atoms with Crippen LogP contribution in [-0.4, -0.2) is 15.7 Å². The van der Waals surface area contributed by atoms with E-state index in [0.29, 0.717) is 22.2 Å². The lowest BCUT2D eigenvalue weighted by molar-refractivity contribution is -0.111. The number of hydrogen-bond acceptors (Lipinski definition) is 3. The largest absolute Gasteiger partial charge is 0.458 e. The van der Waals surface area contributed by atoms with Gasteiger partial charge in [-0.25, -0.2) is 0 Å². The van der Waals surface area contributed by atoms with Crippen LogP contribution in [0.4, 0.5) is 14.6 Å². The van der Waals surface area contributed by atoms with Gasteiger partial charge in [0, 0.05) is 23.7 Å². The van der Waals surface area contributed by atoms with E-state index in [1.54, 1.807) is 24.4 Å². The minimum absolute atomic E-state index is 0.119. The molecule has 0 bridgehead atoms. The average Bonchev–Trinajstić information content (AvgIpc) is 3.22. The molecule has 5 nitrogen and oxygen atoms in total. The topological polar surface area (TPSA) is 60.1 Å². The first-order valence-electron chi connectivity index (χ1n) is 8.00. The van der Waals surface area contributed by atoms with E-state index in [2.05, 4.69) is 17.0 Å². The number of benzene rings is 1. The zero-order valence-electron chi connectivity index (χ0n) is 14.4. The maximum atomic E-state index is 13.3. The summed E-state index contributed by atoms with van der Waals surface area (Å²) in [6, 6.07) is 9.75. The normalized spacial score (nSPS) is 11.4. The molecule has 27 heavy (non-hydrogen) atoms. The summed E-state index contributed by atoms with van der Waals surface area (Å²) in [6.45, 7) is 4.31. The van der Waals surface area contributed by atoms with Gasteiger partial charge in [0.1, 0.15) is 5.76 Å². The Hall–Kier alpha value is -2.93. The number of nitrogens with zero attached hydrogens (tertiary/aromatic N) is 2. The molecule has 3 aromatic rings. The summed E-state index contributed by atoms with van der Waals surface area (Å²) < 4.78 is 33.3. The number of aromatic nitrogens is 2. The zero-order valence-corrected chi connectivity index (χ0v) is 15.1. The molecular weight excluding hydrogens is 376 g/mol. The van der Waals surface area contributed by atoms with E-state index >= 15 is 0 Å². The molecule has 3 rings (SSSR count). The summed E-state index contributed by atoms with van der Waals surface area (Å²) in [7, 11) is 0. The molecule has 1 amide bonds. The van der Waals surface area contributed by atoms with E-state index in [1.807, 2.05) is 6.07 Å². The molecule has 0 saturated carbocycles. The minimum atomic E-state index is -3.06. The monoisotopic (exact) mass is 391 g/mol. The fraction of sp³-hybridized carbons (Fsp3) is 0.158. The SMILES string of the molecule is C=CC(=O)Nc1nn(Cc2ccc(C(C)(F)F)o2)cc1-c1cccc(Cl)c1. The third-order valence-electron chi connectivity index (χ3n) is 3.74. The van der Waals surface area contributed by atoms with E-state index in [9.17, 15) is 13.6 Å². The summed E-state index contributed by atoms with van der Waals surface area (Å²) in [5.41, 5.74) is 1.37. The van der Waals surface area contributed by atoms with Gasteiger partial charge in [-0.1, -0.05) is 30.3 Å². The fourth-order valence-corrected chi connectivity index (χ4v) is 2.68. The molecule has 0 fully saturated rings. The van der Waals surface area contributed by atoms with E-state index < -0.39 is 17.6 Å². The Balaban J connectivity index is 1.94. The molecular formula is C19H16ClF2N3O2. The van der Waals surface area contributed by atoms with Crippen molar-refractivity contribution in [2.24, 2.45) is 0 Å². The summed E-state index contributed by atoms with van der Waals surface area (Å²) in [5.74, 6) is -3.28. The van der Waals surface area contributed by atoms with Crippen molar-refractivity contribution >= 4 is 23.3 Å². The van der Waals surface area contributed by atoms with Crippen LogP contribution in [0.15, 0.2) is 59.7 Å². The second-order valence-electron chi connectivity index (χ2n) is 5.95. The highest BCUT2D eigenvalue weighted by molar-refractivity contribution is 6.30. The summed E-state index contributed by atoms with van der Waals surface area (Å²) >= 11 is 6.05. The van der Waals surface area contributed by atoms with Crippen LogP contribution in [0.5, 0.6) is 0 Å². The number of carbonyl (C=O) groups excluding carboxylic acids is 1. The molecule has 0 spiro atoms. The number of carbonyl (C=O) groups is 1. The van der Waals surface area contributed by atoms with Crippen LogP contribution < -0.4 is 5.32 Å². The van der Waals surface area contributed by atoms with Gasteiger partial charge in [0.05, 0.1) is 6.54 Å². The molecule has 0 atom stereocenters. The van der Waals surface area contributed by atoms with Crippen molar-refractivity contribution in [1.29, 1.82) is 0 Å². The van der Waals surface area contributed by atoms with Gasteiger partial charge in [0.25, 0.3) is 0 Å². The van der Waals surface area contributed by atoms with Crippen LogP contribution in [-0.2, 0) is 17.3 Å². The highest BCUT2D eigenvalue weighted by Gasteiger charge is 2.28. The number of rotatable bonds is 6. The third-order valence-corrected chi connectivity index (χ3v) is 3.97. The number of furan rings is 1. The molecule has 2 aromatic heterocycles. The molecule has 1 aromatic carbocycles. The Morgan fingerprint density at radius 1 is 1.41 bits per heavy atom. The van der Waals surface area contributed by atoms with Crippen LogP contribution in [0.25, 0.3) is 11.1 Å². The first kappa shape index (κ1) is 18.8. The van der Waals surface area contributed by atoms with Crippen molar-refractivity contribution in [2.75, 3.05) is 5.32 Å². The molecule has 8 heteroatoms. The minimum Gasteiger partial charge on any atom is -0.458 e. The average molecular weight is 392 g/mol. The molecule has 2 heterocycles. The lowest BCUT2D eigenvalue weighted by Crippen LogP contribution is -2.09. The molecule has 0 aliphatic carbocycles. The van der Waals surface area contributed by atoms with E-state index in [-0.39, 0.29) is 6.54 Å². The second kappa shape index (κ2) is 7.36. The first-order chi connectivity index (χ1) is 12.8. The third kappa shape index (κ3) is 4.43. The van der Waals surface area contributed by atoms with Gasteiger partial charge in [0.2, 0.25) is 5.91 Å². The molecule has 140 valence electrons. The summed E-state index contributed by atoms with van der Waals surface area (Å²) in [5, 5.41) is 7.48. The van der Waals surface area contributed by atoms with Gasteiger partial charge in [-0.05, 0) is 35.9 Å². The van der Waals surface area contributed by atoms with Crippen molar-refractivity contribution in [2.45, 2.75) is 19.4 Å². The number of nitrogens with one attached hydrogen (secondary N) is 1. The number of amides is 1. The fourth-order valence-electron chi connectivity index (χ4n) is 2.49. The molecule has 0 aliphatic heterocycles. The first-order valence-corrected chi connectivity index (χ1v) is 8.38. The predicted molar refractivity (Wildman–Crippen MR) is 98.9 cm³/mol. The Morgan fingerprint density at radius 3 is 2.81 bits per heavy atom. The van der Waals surface area contributed by atoms with Gasteiger partial charge in [0.15, 0.2) is 11.6 Å². The van der Waals surface area contributed by atoms with Crippen LogP contribution in [0.1, 0.15) is 18.4 Å². The van der Waals surface area contributed by atoms with E-state index in [4.69, 9.17) is 16.0 Å². The lowest BCUT2D eigenvalue weighted by Gasteiger charge is -2.05. The number of anilines is 1. The van der Waals surface area contributed by atoms with Crippen molar-refractivity contribution < 1.29 is 18.0 Å².